The highest BCUT2D eigenvalue weighted by Crippen LogP contribution is 2.23. The molecule has 2 N–H and O–H groups in total. The molecule has 2 aromatic rings. The Kier molecular flexibility index (Phi) is 7.25. The third-order valence-corrected chi connectivity index (χ3v) is 6.36. The number of urea groups is 1. The van der Waals surface area contributed by atoms with Gasteiger partial charge < -0.3 is 15.5 Å². The van der Waals surface area contributed by atoms with Crippen molar-refractivity contribution in [2.45, 2.75) is 25.8 Å². The van der Waals surface area contributed by atoms with Crippen LogP contribution in [-0.2, 0) is 6.54 Å². The van der Waals surface area contributed by atoms with Crippen molar-refractivity contribution in [1.82, 2.24) is 15.5 Å². The van der Waals surface area contributed by atoms with Crippen LogP contribution in [0.3, 0.4) is 0 Å². The van der Waals surface area contributed by atoms with Crippen LogP contribution in [0, 0.1) is 11.8 Å². The van der Waals surface area contributed by atoms with Crippen molar-refractivity contribution in [3.8, 4) is 0 Å². The van der Waals surface area contributed by atoms with Gasteiger partial charge in [0.1, 0.15) is 0 Å². The van der Waals surface area contributed by atoms with E-state index in [2.05, 4.69) is 81.1 Å². The van der Waals surface area contributed by atoms with Crippen molar-refractivity contribution in [2.75, 3.05) is 44.2 Å². The van der Waals surface area contributed by atoms with E-state index in [4.69, 9.17) is 0 Å². The second-order valence-corrected chi connectivity index (χ2v) is 8.76. The van der Waals surface area contributed by atoms with Gasteiger partial charge in [0.15, 0.2) is 0 Å². The van der Waals surface area contributed by atoms with E-state index >= 15 is 0 Å². The van der Waals surface area contributed by atoms with Crippen LogP contribution < -0.4 is 15.5 Å². The fraction of sp³-hybridized carbons (Fsp3) is 0.480. The normalized spacial score (nSPS) is 22.1. The Balaban J connectivity index is 1.14. The van der Waals surface area contributed by atoms with Gasteiger partial charge in [-0.15, -0.1) is 0 Å². The second kappa shape index (κ2) is 10.5. The lowest BCUT2D eigenvalue weighted by Crippen LogP contribution is -2.44. The molecule has 0 saturated carbocycles. The quantitative estimate of drug-likeness (QED) is 0.737. The van der Waals surface area contributed by atoms with Crippen LogP contribution in [0.15, 0.2) is 60.7 Å². The Labute approximate surface area is 180 Å². The number of anilines is 1. The Bertz CT molecular complexity index is 782. The molecule has 0 spiro atoms. The average molecular weight is 407 g/mol. The summed E-state index contributed by atoms with van der Waals surface area (Å²) in [4.78, 5) is 17.2. The molecule has 4 rings (SSSR count). The molecule has 2 fully saturated rings. The first kappa shape index (κ1) is 20.7. The average Bonchev–Trinajstić information content (AvgIpc) is 3.27. The van der Waals surface area contributed by atoms with Gasteiger partial charge >= 0.3 is 6.03 Å². The van der Waals surface area contributed by atoms with Gasteiger partial charge in [-0.25, -0.2) is 4.79 Å². The molecule has 2 aliphatic heterocycles. The highest BCUT2D eigenvalue weighted by Gasteiger charge is 2.24. The number of rotatable bonds is 7. The van der Waals surface area contributed by atoms with Gasteiger partial charge in [0, 0.05) is 45.0 Å². The van der Waals surface area contributed by atoms with Crippen LogP contribution in [0.25, 0.3) is 0 Å². The SMILES string of the molecule is O=C(NC[C@H]1CCCN(Cc2ccccc2)C1)NC[C@H]1CCN(c2ccccc2)C1. The molecule has 0 bridgehead atoms. The predicted molar refractivity (Wildman–Crippen MR) is 123 cm³/mol. The summed E-state index contributed by atoms with van der Waals surface area (Å²) in [5, 5.41) is 6.21. The molecule has 0 aliphatic carbocycles. The summed E-state index contributed by atoms with van der Waals surface area (Å²) in [5.41, 5.74) is 2.65. The first-order valence-corrected chi connectivity index (χ1v) is 11.3. The van der Waals surface area contributed by atoms with E-state index in [0.717, 1.165) is 52.2 Å². The molecule has 0 unspecified atom stereocenters. The fourth-order valence-electron chi connectivity index (χ4n) is 4.71. The third kappa shape index (κ3) is 5.99. The summed E-state index contributed by atoms with van der Waals surface area (Å²) in [6, 6.07) is 21.2. The minimum Gasteiger partial charge on any atom is -0.371 e. The van der Waals surface area contributed by atoms with E-state index in [-0.39, 0.29) is 6.03 Å². The maximum atomic E-state index is 12.3. The third-order valence-electron chi connectivity index (χ3n) is 6.36. The monoisotopic (exact) mass is 406 g/mol. The Morgan fingerprint density at radius 3 is 2.23 bits per heavy atom. The number of carbonyl (C=O) groups excluding carboxylic acids is 1. The van der Waals surface area contributed by atoms with Crippen molar-refractivity contribution in [3.63, 3.8) is 0 Å². The van der Waals surface area contributed by atoms with Gasteiger partial charge in [-0.1, -0.05) is 48.5 Å². The molecule has 2 atom stereocenters. The van der Waals surface area contributed by atoms with Gasteiger partial charge in [0.05, 0.1) is 0 Å². The van der Waals surface area contributed by atoms with Crippen LogP contribution in [0.4, 0.5) is 10.5 Å². The Hall–Kier alpha value is -2.53. The summed E-state index contributed by atoms with van der Waals surface area (Å²) < 4.78 is 0. The molecule has 0 radical (unpaired) electrons. The smallest absolute Gasteiger partial charge is 0.314 e. The highest BCUT2D eigenvalue weighted by molar-refractivity contribution is 5.73. The van der Waals surface area contributed by atoms with Gasteiger partial charge in [0.2, 0.25) is 0 Å². The number of hydrogen-bond donors (Lipinski definition) is 2. The predicted octanol–water partition coefficient (Wildman–Crippen LogP) is 3.72. The number of likely N-dealkylation sites (tertiary alicyclic amines) is 1. The highest BCUT2D eigenvalue weighted by atomic mass is 16.2. The number of nitrogens with one attached hydrogen (secondary N) is 2. The lowest BCUT2D eigenvalue weighted by Gasteiger charge is -2.32. The second-order valence-electron chi connectivity index (χ2n) is 8.76. The first-order chi connectivity index (χ1) is 14.8. The molecule has 160 valence electrons. The zero-order valence-corrected chi connectivity index (χ0v) is 17.8. The van der Waals surface area contributed by atoms with E-state index in [9.17, 15) is 4.79 Å². The maximum Gasteiger partial charge on any atom is 0.314 e. The van der Waals surface area contributed by atoms with Gasteiger partial charge in [0.25, 0.3) is 0 Å². The van der Waals surface area contributed by atoms with E-state index in [1.165, 1.54) is 24.1 Å². The Morgan fingerprint density at radius 2 is 1.50 bits per heavy atom. The summed E-state index contributed by atoms with van der Waals surface area (Å²) in [6.07, 6.45) is 3.53. The van der Waals surface area contributed by atoms with Crippen LogP contribution in [0.1, 0.15) is 24.8 Å². The van der Waals surface area contributed by atoms with Crippen molar-refractivity contribution in [3.05, 3.63) is 66.2 Å². The lowest BCUT2D eigenvalue weighted by molar-refractivity contribution is 0.165. The fourth-order valence-corrected chi connectivity index (χ4v) is 4.71. The standard InChI is InChI=1S/C25H34N4O/c30-25(27-17-23-13-15-29(20-23)24-11-5-2-6-12-24)26-16-22-10-7-14-28(19-22)18-21-8-3-1-4-9-21/h1-6,8-9,11-12,22-23H,7,10,13-20H2,(H2,26,27,30)/t22-,23-/m1/s1. The lowest BCUT2D eigenvalue weighted by atomic mass is 9.97. The molecule has 2 saturated heterocycles. The zero-order chi connectivity index (χ0) is 20.6. The summed E-state index contributed by atoms with van der Waals surface area (Å²) in [5.74, 6) is 1.06. The molecular weight excluding hydrogens is 372 g/mol. The molecule has 30 heavy (non-hydrogen) atoms. The molecule has 2 amide bonds. The van der Waals surface area contributed by atoms with Crippen molar-refractivity contribution in [1.29, 1.82) is 0 Å². The largest absolute Gasteiger partial charge is 0.371 e. The number of benzene rings is 2. The minimum atomic E-state index is -0.0201. The number of amides is 2. The van der Waals surface area contributed by atoms with Crippen molar-refractivity contribution >= 4 is 11.7 Å². The molecule has 2 aromatic carbocycles. The van der Waals surface area contributed by atoms with Crippen LogP contribution in [-0.4, -0.2) is 50.2 Å². The molecule has 5 nitrogen and oxygen atoms in total. The maximum absolute atomic E-state index is 12.3. The number of hydrogen-bond acceptors (Lipinski definition) is 3. The molecular formula is C25H34N4O. The van der Waals surface area contributed by atoms with E-state index in [1.54, 1.807) is 0 Å². The number of carbonyl (C=O) groups is 1. The van der Waals surface area contributed by atoms with E-state index in [0.29, 0.717) is 11.8 Å². The summed E-state index contributed by atoms with van der Waals surface area (Å²) >= 11 is 0. The number of nitrogens with zero attached hydrogens (tertiary/aromatic N) is 2. The van der Waals surface area contributed by atoms with Crippen molar-refractivity contribution < 1.29 is 4.79 Å². The van der Waals surface area contributed by atoms with Gasteiger partial charge in [-0.2, -0.15) is 0 Å². The first-order valence-electron chi connectivity index (χ1n) is 11.3. The minimum absolute atomic E-state index is 0.0201. The number of para-hydroxylation sites is 1. The van der Waals surface area contributed by atoms with Gasteiger partial charge in [-0.05, 0) is 55.3 Å². The molecule has 5 heteroatoms. The van der Waals surface area contributed by atoms with Gasteiger partial charge in [-0.3, -0.25) is 4.90 Å². The zero-order valence-electron chi connectivity index (χ0n) is 17.8. The van der Waals surface area contributed by atoms with Crippen LogP contribution in [0.5, 0.6) is 0 Å². The number of piperidine rings is 1. The Morgan fingerprint density at radius 1 is 0.833 bits per heavy atom. The van der Waals surface area contributed by atoms with E-state index < -0.39 is 0 Å². The molecule has 2 heterocycles. The summed E-state index contributed by atoms with van der Waals surface area (Å²) in [6.45, 7) is 6.81. The van der Waals surface area contributed by atoms with Crippen LogP contribution >= 0.6 is 0 Å². The topological polar surface area (TPSA) is 47.6 Å². The molecule has 0 aromatic heterocycles. The van der Waals surface area contributed by atoms with Crippen LogP contribution in [0.2, 0.25) is 0 Å². The summed E-state index contributed by atoms with van der Waals surface area (Å²) in [7, 11) is 0. The van der Waals surface area contributed by atoms with Crippen molar-refractivity contribution in [2.24, 2.45) is 11.8 Å². The molecule has 2 aliphatic rings. The van der Waals surface area contributed by atoms with E-state index in [1.807, 2.05) is 0 Å².